The van der Waals surface area contributed by atoms with Crippen molar-refractivity contribution in [2.45, 2.75) is 6.92 Å². The maximum atomic E-state index is 12.2. The fourth-order valence-corrected chi connectivity index (χ4v) is 2.96. The minimum Gasteiger partial charge on any atom is -0.482 e. The fourth-order valence-electron chi connectivity index (χ4n) is 2.60. The number of aromatic nitrogens is 1. The molecule has 0 fully saturated rings. The van der Waals surface area contributed by atoms with Crippen LogP contribution >= 0.6 is 23.2 Å². The molecule has 9 heteroatoms. The number of benzene rings is 2. The highest BCUT2D eigenvalue weighted by Crippen LogP contribution is 2.25. The van der Waals surface area contributed by atoms with E-state index in [2.05, 4.69) is 15.5 Å². The molecule has 1 aromatic heterocycles. The lowest BCUT2D eigenvalue weighted by Crippen LogP contribution is -2.24. The number of hydrogen-bond acceptors (Lipinski definition) is 5. The van der Waals surface area contributed by atoms with Gasteiger partial charge in [0.1, 0.15) is 11.4 Å². The molecule has 0 bridgehead atoms. The summed E-state index contributed by atoms with van der Waals surface area (Å²) in [7, 11) is 0. The van der Waals surface area contributed by atoms with Crippen molar-refractivity contribution in [3.05, 3.63) is 63.8 Å². The number of carbonyl (C=O) groups excluding carboxylic acids is 2. The topological polar surface area (TPSA) is 92.8 Å². The smallest absolute Gasteiger partial charge is 0.355 e. The molecule has 0 aliphatic rings. The number of para-hydroxylation sites is 1. The van der Waals surface area contributed by atoms with Crippen LogP contribution in [-0.2, 0) is 9.53 Å². The van der Waals surface area contributed by atoms with E-state index in [0.29, 0.717) is 32.3 Å². The highest BCUT2D eigenvalue weighted by molar-refractivity contribution is 6.32. The highest BCUT2D eigenvalue weighted by Gasteiger charge is 2.18. The molecule has 0 aliphatic carbocycles. The number of esters is 1. The molecule has 0 unspecified atom stereocenters. The molecule has 0 atom stereocenters. The minimum absolute atomic E-state index is 0.217. The van der Waals surface area contributed by atoms with Gasteiger partial charge in [-0.15, -0.1) is 0 Å². The Morgan fingerprint density at radius 3 is 2.76 bits per heavy atom. The van der Waals surface area contributed by atoms with E-state index in [1.54, 1.807) is 49.4 Å². The van der Waals surface area contributed by atoms with Crippen LogP contribution in [0.25, 0.3) is 10.9 Å². The van der Waals surface area contributed by atoms with Crippen molar-refractivity contribution in [3.63, 3.8) is 0 Å². The Kier molecular flexibility index (Phi) is 6.74. The third-order valence-corrected chi connectivity index (χ3v) is 4.41. The first-order chi connectivity index (χ1) is 14.0. The molecule has 3 aromatic rings. The molecule has 1 heterocycles. The molecule has 1 amide bonds. The van der Waals surface area contributed by atoms with Crippen molar-refractivity contribution in [1.29, 1.82) is 0 Å². The van der Waals surface area contributed by atoms with E-state index in [4.69, 9.17) is 32.7 Å². The number of fused-ring (bicyclic) bond motifs is 1. The monoisotopic (exact) mass is 433 g/mol. The van der Waals surface area contributed by atoms with Gasteiger partial charge in [-0.3, -0.25) is 4.79 Å². The van der Waals surface area contributed by atoms with Gasteiger partial charge in [0.15, 0.2) is 6.61 Å². The summed E-state index contributed by atoms with van der Waals surface area (Å²) in [5, 5.41) is 5.56. The van der Waals surface area contributed by atoms with Crippen molar-refractivity contribution < 1.29 is 19.1 Å². The van der Waals surface area contributed by atoms with Crippen LogP contribution < -0.4 is 10.2 Å². The molecule has 29 heavy (non-hydrogen) atoms. The molecule has 2 N–H and O–H groups in total. The maximum absolute atomic E-state index is 12.2. The summed E-state index contributed by atoms with van der Waals surface area (Å²) < 4.78 is 10.4. The van der Waals surface area contributed by atoms with Gasteiger partial charge >= 0.3 is 5.97 Å². The van der Waals surface area contributed by atoms with Gasteiger partial charge in [-0.1, -0.05) is 41.4 Å². The average molecular weight is 434 g/mol. The first-order valence-electron chi connectivity index (χ1n) is 8.67. The first-order valence-corrected chi connectivity index (χ1v) is 9.42. The molecule has 0 spiro atoms. The zero-order chi connectivity index (χ0) is 20.8. The third kappa shape index (κ3) is 5.07. The number of hydrazone groups is 1. The Morgan fingerprint density at radius 1 is 1.21 bits per heavy atom. The van der Waals surface area contributed by atoms with E-state index < -0.39 is 11.9 Å². The Hall–Kier alpha value is -3.03. The number of halogens is 2. The molecule has 2 aromatic carbocycles. The van der Waals surface area contributed by atoms with Crippen molar-refractivity contribution in [1.82, 2.24) is 10.4 Å². The van der Waals surface area contributed by atoms with Gasteiger partial charge in [0, 0.05) is 21.5 Å². The summed E-state index contributed by atoms with van der Waals surface area (Å²) in [6, 6.07) is 12.0. The zero-order valence-corrected chi connectivity index (χ0v) is 16.9. The van der Waals surface area contributed by atoms with Gasteiger partial charge in [0.2, 0.25) is 0 Å². The Labute approximate surface area is 176 Å². The number of aromatic amines is 1. The second kappa shape index (κ2) is 9.45. The Morgan fingerprint density at radius 2 is 2.00 bits per heavy atom. The molecule has 0 saturated heterocycles. The van der Waals surface area contributed by atoms with Crippen LogP contribution in [0.2, 0.25) is 10.0 Å². The van der Waals surface area contributed by atoms with Crippen LogP contribution in [0.4, 0.5) is 0 Å². The highest BCUT2D eigenvalue weighted by atomic mass is 35.5. The van der Waals surface area contributed by atoms with Gasteiger partial charge in [-0.2, -0.15) is 5.10 Å². The molecular weight excluding hydrogens is 417 g/mol. The van der Waals surface area contributed by atoms with E-state index in [-0.39, 0.29) is 18.9 Å². The van der Waals surface area contributed by atoms with Crippen LogP contribution in [-0.4, -0.2) is 36.3 Å². The van der Waals surface area contributed by atoms with Crippen molar-refractivity contribution in [2.75, 3.05) is 13.2 Å². The van der Waals surface area contributed by atoms with Crippen LogP contribution in [0.5, 0.6) is 5.75 Å². The van der Waals surface area contributed by atoms with E-state index >= 15 is 0 Å². The lowest BCUT2D eigenvalue weighted by Gasteiger charge is -2.06. The minimum atomic E-state index is -0.533. The predicted molar refractivity (Wildman–Crippen MR) is 112 cm³/mol. The molecule has 150 valence electrons. The first kappa shape index (κ1) is 20.7. The summed E-state index contributed by atoms with van der Waals surface area (Å²) in [5.74, 6) is -0.622. The van der Waals surface area contributed by atoms with Crippen LogP contribution in [0.15, 0.2) is 47.6 Å². The van der Waals surface area contributed by atoms with Crippen molar-refractivity contribution in [2.24, 2.45) is 5.10 Å². The molecule has 0 radical (unpaired) electrons. The number of nitrogens with one attached hydrogen (secondary N) is 2. The van der Waals surface area contributed by atoms with E-state index in [1.165, 1.54) is 6.21 Å². The maximum Gasteiger partial charge on any atom is 0.355 e. The molecule has 0 saturated carbocycles. The van der Waals surface area contributed by atoms with E-state index in [9.17, 15) is 9.59 Å². The van der Waals surface area contributed by atoms with Gasteiger partial charge in [-0.25, -0.2) is 10.2 Å². The molecular formula is C20H17Cl2N3O4. The number of rotatable bonds is 7. The number of nitrogens with zero attached hydrogens (tertiary/aromatic N) is 1. The Balaban J connectivity index is 1.73. The van der Waals surface area contributed by atoms with Gasteiger partial charge in [0.25, 0.3) is 5.91 Å². The van der Waals surface area contributed by atoms with Crippen LogP contribution in [0.3, 0.4) is 0 Å². The number of carbonyl (C=O) groups is 2. The predicted octanol–water partition coefficient (Wildman–Crippen LogP) is 4.18. The van der Waals surface area contributed by atoms with E-state index in [1.807, 2.05) is 0 Å². The largest absolute Gasteiger partial charge is 0.482 e. The standard InChI is InChI=1S/C20H17Cl2N3O4/c1-2-28-20(27)19-14(13-8-7-12(21)9-16(13)24-19)10-23-25-18(26)11-29-17-6-4-3-5-15(17)22/h3-10,24H,2,11H2,1H3,(H,25,26)/b23-10+. The Bertz CT molecular complexity index is 1080. The number of amides is 1. The van der Waals surface area contributed by atoms with Gasteiger partial charge in [-0.05, 0) is 31.2 Å². The average Bonchev–Trinajstić information content (AvgIpc) is 3.05. The second-order valence-electron chi connectivity index (χ2n) is 5.84. The lowest BCUT2D eigenvalue weighted by atomic mass is 10.1. The lowest BCUT2D eigenvalue weighted by molar-refractivity contribution is -0.123. The molecule has 7 nitrogen and oxygen atoms in total. The third-order valence-electron chi connectivity index (χ3n) is 3.86. The van der Waals surface area contributed by atoms with Gasteiger partial charge < -0.3 is 14.5 Å². The summed E-state index contributed by atoms with van der Waals surface area (Å²) in [6.45, 7) is 1.67. The summed E-state index contributed by atoms with van der Waals surface area (Å²) in [6.07, 6.45) is 1.37. The number of ether oxygens (including phenoxy) is 2. The van der Waals surface area contributed by atoms with Crippen molar-refractivity contribution >= 4 is 52.2 Å². The molecule has 0 aliphatic heterocycles. The summed E-state index contributed by atoms with van der Waals surface area (Å²) in [5.41, 5.74) is 3.70. The summed E-state index contributed by atoms with van der Waals surface area (Å²) in [4.78, 5) is 27.2. The number of H-pyrrole nitrogens is 1. The second-order valence-corrected chi connectivity index (χ2v) is 6.68. The van der Waals surface area contributed by atoms with Crippen LogP contribution in [0.1, 0.15) is 23.0 Å². The van der Waals surface area contributed by atoms with E-state index in [0.717, 1.165) is 0 Å². The van der Waals surface area contributed by atoms with Crippen molar-refractivity contribution in [3.8, 4) is 5.75 Å². The fraction of sp³-hybridized carbons (Fsp3) is 0.150. The molecule has 3 rings (SSSR count). The number of hydrogen-bond donors (Lipinski definition) is 2. The van der Waals surface area contributed by atoms with Gasteiger partial charge in [0.05, 0.1) is 17.8 Å². The normalized spacial score (nSPS) is 11.0. The van der Waals surface area contributed by atoms with Crippen LogP contribution in [0, 0.1) is 0 Å². The zero-order valence-electron chi connectivity index (χ0n) is 15.4. The summed E-state index contributed by atoms with van der Waals surface area (Å²) >= 11 is 12.0. The quantitative estimate of drug-likeness (QED) is 0.332. The SMILES string of the molecule is CCOC(=O)c1[nH]c2cc(Cl)ccc2c1/C=N/NC(=O)COc1ccccc1Cl.